The van der Waals surface area contributed by atoms with E-state index < -0.39 is 17.3 Å². The standard InChI is InChI=1S/C16H12F3NO/c1-10-3-5-13(7-11(10)2)21-14-6-4-12(9-20)15(8-14)16(17,18)19/h3-8H,1-2H3. The molecule has 0 aliphatic carbocycles. The van der Waals surface area contributed by atoms with Gasteiger partial charge in [-0.15, -0.1) is 0 Å². The molecule has 2 aromatic carbocycles. The Bertz CT molecular complexity index is 714. The third kappa shape index (κ3) is 3.34. The van der Waals surface area contributed by atoms with Gasteiger partial charge in [-0.1, -0.05) is 6.07 Å². The van der Waals surface area contributed by atoms with Crippen molar-refractivity contribution in [3.63, 3.8) is 0 Å². The Balaban J connectivity index is 2.37. The van der Waals surface area contributed by atoms with Crippen molar-refractivity contribution in [3.8, 4) is 17.6 Å². The molecule has 0 atom stereocenters. The highest BCUT2D eigenvalue weighted by atomic mass is 19.4. The number of rotatable bonds is 2. The first-order chi connectivity index (χ1) is 9.81. The summed E-state index contributed by atoms with van der Waals surface area (Å²) in [6, 6.07) is 10.1. The van der Waals surface area contributed by atoms with E-state index in [9.17, 15) is 13.2 Å². The first kappa shape index (κ1) is 14.9. The van der Waals surface area contributed by atoms with E-state index in [1.165, 1.54) is 12.1 Å². The van der Waals surface area contributed by atoms with Crippen LogP contribution in [0.25, 0.3) is 0 Å². The summed E-state index contributed by atoms with van der Waals surface area (Å²) in [6.45, 7) is 3.82. The monoisotopic (exact) mass is 291 g/mol. The molecule has 2 nitrogen and oxygen atoms in total. The number of hydrogen-bond donors (Lipinski definition) is 0. The normalized spacial score (nSPS) is 11.0. The van der Waals surface area contributed by atoms with Crippen molar-refractivity contribution >= 4 is 0 Å². The molecule has 0 heterocycles. The molecule has 0 spiro atoms. The average Bonchev–Trinajstić information content (AvgIpc) is 2.42. The van der Waals surface area contributed by atoms with Gasteiger partial charge in [-0.3, -0.25) is 0 Å². The summed E-state index contributed by atoms with van der Waals surface area (Å²) in [6.07, 6.45) is -4.59. The fourth-order valence-electron chi connectivity index (χ4n) is 1.83. The second kappa shape index (κ2) is 5.49. The van der Waals surface area contributed by atoms with Gasteiger partial charge in [-0.2, -0.15) is 18.4 Å². The largest absolute Gasteiger partial charge is 0.457 e. The minimum absolute atomic E-state index is 0.0459. The van der Waals surface area contributed by atoms with E-state index in [-0.39, 0.29) is 5.75 Å². The molecule has 0 fully saturated rings. The van der Waals surface area contributed by atoms with Crippen molar-refractivity contribution < 1.29 is 17.9 Å². The van der Waals surface area contributed by atoms with Gasteiger partial charge in [0, 0.05) is 0 Å². The van der Waals surface area contributed by atoms with Gasteiger partial charge < -0.3 is 4.74 Å². The Labute approximate surface area is 120 Å². The molecule has 5 heteroatoms. The Morgan fingerprint density at radius 3 is 2.14 bits per heavy atom. The van der Waals surface area contributed by atoms with Crippen molar-refractivity contribution in [2.24, 2.45) is 0 Å². The first-order valence-corrected chi connectivity index (χ1v) is 6.17. The van der Waals surface area contributed by atoms with Gasteiger partial charge in [0.1, 0.15) is 11.5 Å². The summed E-state index contributed by atoms with van der Waals surface area (Å²) in [5, 5.41) is 8.74. The van der Waals surface area contributed by atoms with Crippen LogP contribution >= 0.6 is 0 Å². The molecule has 0 radical (unpaired) electrons. The number of halogens is 3. The lowest BCUT2D eigenvalue weighted by Crippen LogP contribution is -2.07. The van der Waals surface area contributed by atoms with Crippen molar-refractivity contribution in [3.05, 3.63) is 58.7 Å². The molecule has 0 aliphatic heterocycles. The highest BCUT2D eigenvalue weighted by Gasteiger charge is 2.34. The summed E-state index contributed by atoms with van der Waals surface area (Å²) >= 11 is 0. The van der Waals surface area contributed by atoms with E-state index in [0.29, 0.717) is 5.75 Å². The Morgan fingerprint density at radius 1 is 0.952 bits per heavy atom. The maximum atomic E-state index is 12.9. The van der Waals surface area contributed by atoms with Gasteiger partial charge in [-0.05, 0) is 55.3 Å². The molecule has 21 heavy (non-hydrogen) atoms. The molecule has 108 valence electrons. The number of aryl methyl sites for hydroxylation is 2. The van der Waals surface area contributed by atoms with Crippen LogP contribution in [0.1, 0.15) is 22.3 Å². The molecule has 0 aromatic heterocycles. The number of alkyl halides is 3. The summed E-state index contributed by atoms with van der Waals surface area (Å²) in [4.78, 5) is 0. The molecule has 2 rings (SSSR count). The fraction of sp³-hybridized carbons (Fsp3) is 0.188. The van der Waals surface area contributed by atoms with E-state index >= 15 is 0 Å². The summed E-state index contributed by atoms with van der Waals surface area (Å²) in [5.74, 6) is 0.500. The summed E-state index contributed by atoms with van der Waals surface area (Å²) in [5.41, 5.74) is 0.636. The predicted molar refractivity (Wildman–Crippen MR) is 72.1 cm³/mol. The van der Waals surface area contributed by atoms with E-state index in [2.05, 4.69) is 0 Å². The van der Waals surface area contributed by atoms with E-state index in [0.717, 1.165) is 23.3 Å². The van der Waals surface area contributed by atoms with Crippen LogP contribution in [0.4, 0.5) is 13.2 Å². The van der Waals surface area contributed by atoms with E-state index in [1.807, 2.05) is 19.9 Å². The predicted octanol–water partition coefficient (Wildman–Crippen LogP) is 4.99. The summed E-state index contributed by atoms with van der Waals surface area (Å²) < 4.78 is 44.0. The van der Waals surface area contributed by atoms with Gasteiger partial charge in [-0.25, -0.2) is 0 Å². The van der Waals surface area contributed by atoms with Gasteiger partial charge >= 0.3 is 6.18 Å². The van der Waals surface area contributed by atoms with Crippen LogP contribution < -0.4 is 4.74 Å². The van der Waals surface area contributed by atoms with Crippen molar-refractivity contribution in [2.45, 2.75) is 20.0 Å². The van der Waals surface area contributed by atoms with Crippen LogP contribution in [-0.4, -0.2) is 0 Å². The number of ether oxygens (including phenoxy) is 1. The van der Waals surface area contributed by atoms with E-state index in [4.69, 9.17) is 10.00 Å². The zero-order valence-electron chi connectivity index (χ0n) is 11.5. The van der Waals surface area contributed by atoms with Crippen LogP contribution in [0.15, 0.2) is 36.4 Å². The average molecular weight is 291 g/mol. The number of benzene rings is 2. The van der Waals surface area contributed by atoms with Crippen LogP contribution in [-0.2, 0) is 6.18 Å². The van der Waals surface area contributed by atoms with Crippen molar-refractivity contribution in [1.82, 2.24) is 0 Å². The molecule has 0 N–H and O–H groups in total. The van der Waals surface area contributed by atoms with Crippen molar-refractivity contribution in [2.75, 3.05) is 0 Å². The lowest BCUT2D eigenvalue weighted by molar-refractivity contribution is -0.137. The maximum absolute atomic E-state index is 12.9. The van der Waals surface area contributed by atoms with Crippen molar-refractivity contribution in [1.29, 1.82) is 5.26 Å². The second-order valence-electron chi connectivity index (χ2n) is 4.67. The zero-order chi connectivity index (χ0) is 15.6. The van der Waals surface area contributed by atoms with Crippen LogP contribution in [0, 0.1) is 25.2 Å². The van der Waals surface area contributed by atoms with E-state index in [1.54, 1.807) is 12.1 Å². The van der Waals surface area contributed by atoms with Gasteiger partial charge in [0.15, 0.2) is 0 Å². The molecule has 0 aliphatic rings. The Hall–Kier alpha value is -2.48. The maximum Gasteiger partial charge on any atom is 0.417 e. The minimum Gasteiger partial charge on any atom is -0.457 e. The molecular weight excluding hydrogens is 279 g/mol. The molecular formula is C16H12F3NO. The molecule has 0 bridgehead atoms. The van der Waals surface area contributed by atoms with Gasteiger partial charge in [0.2, 0.25) is 0 Å². The Kier molecular flexibility index (Phi) is 3.90. The minimum atomic E-state index is -4.59. The first-order valence-electron chi connectivity index (χ1n) is 6.17. The highest BCUT2D eigenvalue weighted by Crippen LogP contribution is 2.35. The van der Waals surface area contributed by atoms with Crippen LogP contribution in [0.3, 0.4) is 0 Å². The molecule has 0 saturated heterocycles. The smallest absolute Gasteiger partial charge is 0.417 e. The molecule has 0 unspecified atom stereocenters. The number of hydrogen-bond acceptors (Lipinski definition) is 2. The molecule has 0 saturated carbocycles. The highest BCUT2D eigenvalue weighted by molar-refractivity contribution is 5.46. The third-order valence-corrected chi connectivity index (χ3v) is 3.13. The van der Waals surface area contributed by atoms with Gasteiger partial charge in [0.05, 0.1) is 17.2 Å². The van der Waals surface area contributed by atoms with Gasteiger partial charge in [0.25, 0.3) is 0 Å². The summed E-state index contributed by atoms with van der Waals surface area (Å²) in [7, 11) is 0. The molecule has 2 aromatic rings. The zero-order valence-corrected chi connectivity index (χ0v) is 11.5. The van der Waals surface area contributed by atoms with Crippen LogP contribution in [0.2, 0.25) is 0 Å². The fourth-order valence-corrected chi connectivity index (χ4v) is 1.83. The lowest BCUT2D eigenvalue weighted by Gasteiger charge is -2.12. The topological polar surface area (TPSA) is 33.0 Å². The molecule has 0 amide bonds. The SMILES string of the molecule is Cc1ccc(Oc2ccc(C#N)c(C(F)(F)F)c2)cc1C. The lowest BCUT2D eigenvalue weighted by atomic mass is 10.1. The Morgan fingerprint density at radius 2 is 1.57 bits per heavy atom. The van der Waals surface area contributed by atoms with Crippen LogP contribution in [0.5, 0.6) is 11.5 Å². The number of nitriles is 1. The number of nitrogens with zero attached hydrogens (tertiary/aromatic N) is 1. The quantitative estimate of drug-likeness (QED) is 0.781. The third-order valence-electron chi connectivity index (χ3n) is 3.13. The second-order valence-corrected chi connectivity index (χ2v) is 4.67.